The Hall–Kier alpha value is -1.40. The molecule has 0 saturated heterocycles. The number of anilines is 2. The van der Waals surface area contributed by atoms with Crippen molar-refractivity contribution in [2.75, 3.05) is 37.5 Å². The van der Waals surface area contributed by atoms with E-state index in [0.717, 1.165) is 24.5 Å². The number of nitrogens with zero attached hydrogens (tertiary/aromatic N) is 3. The van der Waals surface area contributed by atoms with Crippen LogP contribution in [0.5, 0.6) is 0 Å². The lowest BCUT2D eigenvalue weighted by Crippen LogP contribution is -2.37. The predicted molar refractivity (Wildman–Crippen MR) is 81.1 cm³/mol. The van der Waals surface area contributed by atoms with Crippen LogP contribution in [0.3, 0.4) is 0 Å². The highest BCUT2D eigenvalue weighted by Gasteiger charge is 2.18. The van der Waals surface area contributed by atoms with Gasteiger partial charge in [-0.15, -0.1) is 0 Å². The molecule has 0 aliphatic heterocycles. The molecule has 0 aliphatic carbocycles. The molecule has 1 heterocycles. The number of hydrogen-bond acceptors (Lipinski definition) is 6. The number of ether oxygens (including phenoxy) is 1. The number of aromatic nitrogens is 2. The lowest BCUT2D eigenvalue weighted by atomic mass is 10.1. The van der Waals surface area contributed by atoms with E-state index < -0.39 is 0 Å². The summed E-state index contributed by atoms with van der Waals surface area (Å²) < 4.78 is 5.11. The van der Waals surface area contributed by atoms with Gasteiger partial charge in [-0.05, 0) is 12.8 Å². The van der Waals surface area contributed by atoms with Gasteiger partial charge in [-0.2, -0.15) is 0 Å². The maximum Gasteiger partial charge on any atom is 0.158 e. The maximum absolute atomic E-state index is 9.31. The van der Waals surface area contributed by atoms with Gasteiger partial charge in [0.25, 0.3) is 0 Å². The molecule has 0 aromatic carbocycles. The fraction of sp³-hybridized carbons (Fsp3) is 0.714. The van der Waals surface area contributed by atoms with Gasteiger partial charge in [-0.3, -0.25) is 0 Å². The van der Waals surface area contributed by atoms with Crippen LogP contribution in [0.1, 0.15) is 32.5 Å². The fourth-order valence-electron chi connectivity index (χ4n) is 2.27. The summed E-state index contributed by atoms with van der Waals surface area (Å²) in [4.78, 5) is 11.0. The summed E-state index contributed by atoms with van der Waals surface area (Å²) in [6.45, 7) is 5.34. The van der Waals surface area contributed by atoms with Crippen LogP contribution < -0.4 is 10.2 Å². The Kier molecular flexibility index (Phi) is 7.25. The van der Waals surface area contributed by atoms with Gasteiger partial charge < -0.3 is 20.1 Å². The molecule has 1 aromatic rings. The summed E-state index contributed by atoms with van der Waals surface area (Å²) in [6.07, 6.45) is 2.02. The predicted octanol–water partition coefficient (Wildman–Crippen LogP) is 1.65. The Morgan fingerprint density at radius 3 is 2.55 bits per heavy atom. The molecule has 1 rings (SSSR count). The van der Waals surface area contributed by atoms with Gasteiger partial charge in [-0.1, -0.05) is 13.8 Å². The van der Waals surface area contributed by atoms with Crippen LogP contribution in [-0.2, 0) is 11.3 Å². The zero-order chi connectivity index (χ0) is 15.0. The Labute approximate surface area is 121 Å². The quantitative estimate of drug-likeness (QED) is 0.717. The lowest BCUT2D eigenvalue weighted by Gasteiger charge is -2.31. The number of rotatable bonds is 9. The molecule has 0 aliphatic rings. The third-order valence-corrected chi connectivity index (χ3v) is 3.31. The van der Waals surface area contributed by atoms with Crippen LogP contribution >= 0.6 is 0 Å². The van der Waals surface area contributed by atoms with Gasteiger partial charge in [0.05, 0.1) is 6.61 Å². The monoisotopic (exact) mass is 282 g/mol. The lowest BCUT2D eigenvalue weighted by molar-refractivity contribution is 0.178. The van der Waals surface area contributed by atoms with Gasteiger partial charge in [0.2, 0.25) is 0 Å². The molecule has 0 bridgehead atoms. The number of methoxy groups -OCH3 is 1. The molecular weight excluding hydrogens is 256 g/mol. The van der Waals surface area contributed by atoms with Crippen molar-refractivity contribution in [2.45, 2.75) is 39.3 Å². The first-order valence-electron chi connectivity index (χ1n) is 7.12. The Balaban J connectivity index is 3.13. The molecular formula is C14H26N4O2. The minimum Gasteiger partial charge on any atom is -0.395 e. The van der Waals surface area contributed by atoms with E-state index >= 15 is 0 Å². The molecule has 0 saturated carbocycles. The smallest absolute Gasteiger partial charge is 0.158 e. The first-order chi connectivity index (χ1) is 9.69. The maximum atomic E-state index is 9.31. The van der Waals surface area contributed by atoms with Gasteiger partial charge >= 0.3 is 0 Å². The Bertz CT molecular complexity index is 397. The highest BCUT2D eigenvalue weighted by Crippen LogP contribution is 2.21. The van der Waals surface area contributed by atoms with E-state index in [9.17, 15) is 5.11 Å². The van der Waals surface area contributed by atoms with Crippen LogP contribution in [0, 0.1) is 0 Å². The standard InChI is InChI=1S/C14H26N4O2/c1-5-11(6-2)18(7-8-19)14-9-12(15-3)16-13(17-14)10-20-4/h9,11,19H,5-8,10H2,1-4H3,(H,15,16,17). The molecule has 0 amide bonds. The molecule has 2 N–H and O–H groups in total. The molecule has 20 heavy (non-hydrogen) atoms. The third-order valence-electron chi connectivity index (χ3n) is 3.31. The highest BCUT2D eigenvalue weighted by atomic mass is 16.5. The third kappa shape index (κ3) is 4.31. The molecule has 114 valence electrons. The van der Waals surface area contributed by atoms with E-state index in [1.165, 1.54) is 0 Å². The summed E-state index contributed by atoms with van der Waals surface area (Å²) in [7, 11) is 3.46. The van der Waals surface area contributed by atoms with Crippen molar-refractivity contribution in [2.24, 2.45) is 0 Å². The second-order valence-corrected chi connectivity index (χ2v) is 4.60. The van der Waals surface area contributed by atoms with Crippen LogP contribution in [0.25, 0.3) is 0 Å². The number of hydrogen-bond donors (Lipinski definition) is 2. The zero-order valence-corrected chi connectivity index (χ0v) is 12.9. The number of aliphatic hydroxyl groups is 1. The highest BCUT2D eigenvalue weighted by molar-refractivity contribution is 5.49. The Morgan fingerprint density at radius 2 is 2.05 bits per heavy atom. The average molecular weight is 282 g/mol. The van der Waals surface area contributed by atoms with Gasteiger partial charge in [0.1, 0.15) is 18.2 Å². The SMILES string of the molecule is CCC(CC)N(CCO)c1cc(NC)nc(COC)n1. The minimum absolute atomic E-state index is 0.106. The van der Waals surface area contributed by atoms with Crippen LogP contribution in [0.4, 0.5) is 11.6 Å². The van der Waals surface area contributed by atoms with Crippen molar-refractivity contribution in [3.8, 4) is 0 Å². The molecule has 1 aromatic heterocycles. The van der Waals surface area contributed by atoms with Crippen molar-refractivity contribution in [1.82, 2.24) is 9.97 Å². The van der Waals surface area contributed by atoms with Gasteiger partial charge in [0.15, 0.2) is 5.82 Å². The molecule has 0 radical (unpaired) electrons. The molecule has 0 spiro atoms. The number of aliphatic hydroxyl groups excluding tert-OH is 1. The summed E-state index contributed by atoms with van der Waals surface area (Å²) in [5.74, 6) is 2.23. The van der Waals surface area contributed by atoms with E-state index in [2.05, 4.69) is 34.0 Å². The van der Waals surface area contributed by atoms with Crippen molar-refractivity contribution in [3.05, 3.63) is 11.9 Å². The summed E-state index contributed by atoms with van der Waals surface area (Å²) in [5.41, 5.74) is 0. The minimum atomic E-state index is 0.106. The Morgan fingerprint density at radius 1 is 1.35 bits per heavy atom. The molecule has 6 heteroatoms. The van der Waals surface area contributed by atoms with Crippen LogP contribution in [-0.4, -0.2) is 48.4 Å². The van der Waals surface area contributed by atoms with Gasteiger partial charge in [0, 0.05) is 32.8 Å². The summed E-state index contributed by atoms with van der Waals surface area (Å²) in [5, 5.41) is 12.4. The van der Waals surface area contributed by atoms with Crippen molar-refractivity contribution < 1.29 is 9.84 Å². The molecule has 0 atom stereocenters. The van der Waals surface area contributed by atoms with E-state index in [0.29, 0.717) is 25.0 Å². The fourth-order valence-corrected chi connectivity index (χ4v) is 2.27. The molecule has 0 unspecified atom stereocenters. The average Bonchev–Trinajstić information content (AvgIpc) is 2.47. The summed E-state index contributed by atoms with van der Waals surface area (Å²) >= 11 is 0. The first kappa shape index (κ1) is 16.7. The van der Waals surface area contributed by atoms with E-state index in [4.69, 9.17) is 4.74 Å². The van der Waals surface area contributed by atoms with Crippen molar-refractivity contribution in [3.63, 3.8) is 0 Å². The van der Waals surface area contributed by atoms with Crippen molar-refractivity contribution in [1.29, 1.82) is 0 Å². The van der Waals surface area contributed by atoms with Crippen molar-refractivity contribution >= 4 is 11.6 Å². The topological polar surface area (TPSA) is 70.5 Å². The van der Waals surface area contributed by atoms with Crippen LogP contribution in [0.2, 0.25) is 0 Å². The second-order valence-electron chi connectivity index (χ2n) is 4.60. The normalized spacial score (nSPS) is 10.9. The van der Waals surface area contributed by atoms with Gasteiger partial charge in [-0.25, -0.2) is 9.97 Å². The zero-order valence-electron chi connectivity index (χ0n) is 12.9. The largest absolute Gasteiger partial charge is 0.395 e. The van der Waals surface area contributed by atoms with E-state index in [1.807, 2.05) is 13.1 Å². The van der Waals surface area contributed by atoms with E-state index in [1.54, 1.807) is 7.11 Å². The summed E-state index contributed by atoms with van der Waals surface area (Å²) in [6, 6.07) is 2.27. The number of nitrogens with one attached hydrogen (secondary N) is 1. The van der Waals surface area contributed by atoms with Crippen LogP contribution in [0.15, 0.2) is 6.07 Å². The molecule has 0 fully saturated rings. The second kappa shape index (κ2) is 8.71. The molecule has 6 nitrogen and oxygen atoms in total. The van der Waals surface area contributed by atoms with E-state index in [-0.39, 0.29) is 6.61 Å². The first-order valence-corrected chi connectivity index (χ1v) is 7.12.